The van der Waals surface area contributed by atoms with E-state index in [9.17, 15) is 4.79 Å². The van der Waals surface area contributed by atoms with Gasteiger partial charge in [0.25, 0.3) is 0 Å². The van der Waals surface area contributed by atoms with E-state index in [1.54, 1.807) is 6.26 Å². The second-order valence-corrected chi connectivity index (χ2v) is 5.12. The molecule has 0 saturated heterocycles. The number of nitrogens with one attached hydrogen (secondary N) is 1. The highest BCUT2D eigenvalue weighted by atomic mass is 16.3. The fourth-order valence-electron chi connectivity index (χ4n) is 2.09. The minimum Gasteiger partial charge on any atom is -0.469 e. The second-order valence-electron chi connectivity index (χ2n) is 5.12. The van der Waals surface area contributed by atoms with Crippen LogP contribution in [0.15, 0.2) is 41.0 Å². The number of benzene rings is 1. The molecule has 0 atom stereocenters. The molecule has 1 aromatic carbocycles. The van der Waals surface area contributed by atoms with Gasteiger partial charge in [-0.25, -0.2) is 0 Å². The number of hydrogen-bond acceptors (Lipinski definition) is 4. The molecule has 0 fully saturated rings. The molecule has 3 N–H and O–H groups in total. The van der Waals surface area contributed by atoms with E-state index in [2.05, 4.69) is 5.32 Å². The molecule has 5 heteroatoms. The number of nitrogens with two attached hydrogens (primary N) is 1. The molecule has 1 amide bonds. The van der Waals surface area contributed by atoms with Gasteiger partial charge < -0.3 is 15.5 Å². The Morgan fingerprint density at radius 1 is 1.29 bits per heavy atom. The first-order valence-electron chi connectivity index (χ1n) is 6.89. The molecule has 21 heavy (non-hydrogen) atoms. The van der Waals surface area contributed by atoms with Crippen LogP contribution in [0.5, 0.6) is 0 Å². The van der Waals surface area contributed by atoms with Gasteiger partial charge in [0, 0.05) is 24.3 Å². The minimum absolute atomic E-state index is 0.0425. The molecule has 1 heterocycles. The Balaban J connectivity index is 1.84. The van der Waals surface area contributed by atoms with E-state index in [0.29, 0.717) is 19.6 Å². The number of hydrogen-bond donors (Lipinski definition) is 2. The van der Waals surface area contributed by atoms with Gasteiger partial charge in [0.2, 0.25) is 5.91 Å². The maximum absolute atomic E-state index is 12.0. The van der Waals surface area contributed by atoms with Crippen molar-refractivity contribution >= 4 is 11.6 Å². The highest BCUT2D eigenvalue weighted by Gasteiger charge is 2.10. The summed E-state index contributed by atoms with van der Waals surface area (Å²) < 4.78 is 5.25. The third kappa shape index (κ3) is 4.44. The van der Waals surface area contributed by atoms with Crippen LogP contribution in [-0.4, -0.2) is 24.4 Å². The molecular weight excluding hydrogens is 266 g/mol. The molecule has 0 aliphatic heterocycles. The molecule has 0 radical (unpaired) electrons. The van der Waals surface area contributed by atoms with Gasteiger partial charge in [0.15, 0.2) is 0 Å². The van der Waals surface area contributed by atoms with Gasteiger partial charge in [-0.3, -0.25) is 9.69 Å². The number of nitrogens with zero attached hydrogens (tertiary/aromatic N) is 1. The number of likely N-dealkylation sites (N-methyl/N-ethyl adjacent to an activating group) is 1. The molecule has 112 valence electrons. The summed E-state index contributed by atoms with van der Waals surface area (Å²) in [6, 6.07) is 9.47. The predicted octanol–water partition coefficient (Wildman–Crippen LogP) is 2.12. The van der Waals surface area contributed by atoms with Crippen molar-refractivity contribution in [1.29, 1.82) is 0 Å². The van der Waals surface area contributed by atoms with Crippen LogP contribution in [0.4, 0.5) is 5.69 Å². The second kappa shape index (κ2) is 7.06. The number of carbonyl (C=O) groups is 1. The van der Waals surface area contributed by atoms with Crippen molar-refractivity contribution in [2.24, 2.45) is 5.73 Å². The Bertz CT molecular complexity index is 590. The van der Waals surface area contributed by atoms with Crippen molar-refractivity contribution in [3.8, 4) is 0 Å². The molecule has 0 spiro atoms. The van der Waals surface area contributed by atoms with Crippen LogP contribution in [0.2, 0.25) is 0 Å². The summed E-state index contributed by atoms with van der Waals surface area (Å²) >= 11 is 0. The monoisotopic (exact) mass is 287 g/mol. The van der Waals surface area contributed by atoms with Crippen molar-refractivity contribution < 1.29 is 9.21 Å². The van der Waals surface area contributed by atoms with Gasteiger partial charge >= 0.3 is 0 Å². The summed E-state index contributed by atoms with van der Waals surface area (Å²) in [5, 5.41) is 2.87. The van der Waals surface area contributed by atoms with E-state index >= 15 is 0 Å². The zero-order chi connectivity index (χ0) is 15.2. The Kier molecular flexibility index (Phi) is 5.14. The van der Waals surface area contributed by atoms with Crippen LogP contribution in [0.3, 0.4) is 0 Å². The Morgan fingerprint density at radius 3 is 2.57 bits per heavy atom. The van der Waals surface area contributed by atoms with Gasteiger partial charge in [-0.05, 0) is 37.7 Å². The van der Waals surface area contributed by atoms with E-state index in [-0.39, 0.29) is 5.91 Å². The molecule has 0 unspecified atom stereocenters. The van der Waals surface area contributed by atoms with Gasteiger partial charge in [0.05, 0.1) is 12.8 Å². The van der Waals surface area contributed by atoms with Gasteiger partial charge in [-0.15, -0.1) is 0 Å². The largest absolute Gasteiger partial charge is 0.469 e. The Hall–Kier alpha value is -2.11. The molecule has 0 bridgehead atoms. The van der Waals surface area contributed by atoms with Crippen LogP contribution >= 0.6 is 0 Å². The lowest BCUT2D eigenvalue weighted by atomic mass is 10.2. The highest BCUT2D eigenvalue weighted by Crippen LogP contribution is 2.12. The fraction of sp³-hybridized carbons (Fsp3) is 0.312. The Morgan fingerprint density at radius 2 is 2.00 bits per heavy atom. The van der Waals surface area contributed by atoms with Crippen molar-refractivity contribution in [3.63, 3.8) is 0 Å². The average molecular weight is 287 g/mol. The van der Waals surface area contributed by atoms with E-state index < -0.39 is 0 Å². The maximum atomic E-state index is 12.0. The third-order valence-electron chi connectivity index (χ3n) is 3.29. The smallest absolute Gasteiger partial charge is 0.238 e. The zero-order valence-corrected chi connectivity index (χ0v) is 12.4. The van der Waals surface area contributed by atoms with E-state index in [1.165, 1.54) is 0 Å². The lowest BCUT2D eigenvalue weighted by Gasteiger charge is -2.16. The summed E-state index contributed by atoms with van der Waals surface area (Å²) in [5.41, 5.74) is 8.46. The van der Waals surface area contributed by atoms with Gasteiger partial charge in [0.1, 0.15) is 5.76 Å². The summed E-state index contributed by atoms with van der Waals surface area (Å²) in [5.74, 6) is 0.846. The molecule has 2 rings (SSSR count). The highest BCUT2D eigenvalue weighted by molar-refractivity contribution is 5.92. The quantitative estimate of drug-likeness (QED) is 0.853. The summed E-state index contributed by atoms with van der Waals surface area (Å²) in [4.78, 5) is 13.9. The van der Waals surface area contributed by atoms with Gasteiger partial charge in [-0.2, -0.15) is 0 Å². The number of aryl methyl sites for hydroxylation is 1. The minimum atomic E-state index is -0.0425. The summed E-state index contributed by atoms with van der Waals surface area (Å²) in [6.07, 6.45) is 1.66. The Labute approximate surface area is 124 Å². The summed E-state index contributed by atoms with van der Waals surface area (Å²) in [6.45, 7) is 3.42. The van der Waals surface area contributed by atoms with E-state index in [0.717, 1.165) is 22.6 Å². The van der Waals surface area contributed by atoms with Crippen molar-refractivity contribution in [1.82, 2.24) is 4.90 Å². The molecular formula is C16H21N3O2. The van der Waals surface area contributed by atoms with E-state index in [1.807, 2.05) is 49.2 Å². The molecule has 0 saturated carbocycles. The van der Waals surface area contributed by atoms with Crippen LogP contribution < -0.4 is 11.1 Å². The third-order valence-corrected chi connectivity index (χ3v) is 3.29. The lowest BCUT2D eigenvalue weighted by molar-refractivity contribution is -0.117. The first-order valence-corrected chi connectivity index (χ1v) is 6.89. The summed E-state index contributed by atoms with van der Waals surface area (Å²) in [7, 11) is 1.91. The molecule has 0 aliphatic carbocycles. The molecule has 0 aliphatic rings. The first-order chi connectivity index (χ1) is 10.1. The van der Waals surface area contributed by atoms with Crippen molar-refractivity contribution in [2.75, 3.05) is 18.9 Å². The lowest BCUT2D eigenvalue weighted by Crippen LogP contribution is -2.29. The molecule has 1 aromatic heterocycles. The van der Waals surface area contributed by atoms with Crippen LogP contribution in [-0.2, 0) is 17.9 Å². The molecule has 5 nitrogen and oxygen atoms in total. The predicted molar refractivity (Wildman–Crippen MR) is 82.7 cm³/mol. The topological polar surface area (TPSA) is 71.5 Å². The number of amides is 1. The average Bonchev–Trinajstić information content (AvgIpc) is 2.84. The van der Waals surface area contributed by atoms with Crippen molar-refractivity contribution in [2.45, 2.75) is 20.0 Å². The molecule has 2 aromatic rings. The fourth-order valence-corrected chi connectivity index (χ4v) is 2.09. The zero-order valence-electron chi connectivity index (χ0n) is 12.4. The number of furan rings is 1. The number of rotatable bonds is 6. The van der Waals surface area contributed by atoms with Gasteiger partial charge in [-0.1, -0.05) is 12.1 Å². The van der Waals surface area contributed by atoms with Crippen LogP contribution in [0, 0.1) is 6.92 Å². The standard InChI is InChI=1S/C16H21N3O2/c1-12-14(7-8-21-12)10-19(2)11-16(20)18-15-5-3-13(9-17)4-6-15/h3-8H,9-11,17H2,1-2H3,(H,18,20). The normalized spacial score (nSPS) is 10.9. The SMILES string of the molecule is Cc1occc1CN(C)CC(=O)Nc1ccc(CN)cc1. The first kappa shape index (κ1) is 15.3. The van der Waals surface area contributed by atoms with Crippen molar-refractivity contribution in [3.05, 3.63) is 53.5 Å². The van der Waals surface area contributed by atoms with Crippen LogP contribution in [0.1, 0.15) is 16.9 Å². The number of carbonyl (C=O) groups excluding carboxylic acids is 1. The van der Waals surface area contributed by atoms with Crippen LogP contribution in [0.25, 0.3) is 0 Å². The number of anilines is 1. The maximum Gasteiger partial charge on any atom is 0.238 e. The van der Waals surface area contributed by atoms with E-state index in [4.69, 9.17) is 10.2 Å².